The molecule has 150 valence electrons. The molecular formula is C21H26N2O5. The highest BCUT2D eigenvalue weighted by atomic mass is 16.4. The number of aliphatic hydroxyl groups excluding tert-OH is 1. The number of carboxylic acids is 1. The molecule has 0 bridgehead atoms. The van der Waals surface area contributed by atoms with Gasteiger partial charge in [0.2, 0.25) is 0 Å². The Morgan fingerprint density at radius 3 is 2.43 bits per heavy atom. The molecule has 28 heavy (non-hydrogen) atoms. The number of carboxylic acid groups (broad SMARTS) is 1. The molecule has 1 aromatic carbocycles. The summed E-state index contributed by atoms with van der Waals surface area (Å²) in [6, 6.07) is 10.4. The maximum atomic E-state index is 12.8. The molecule has 2 amide bonds. The van der Waals surface area contributed by atoms with Crippen molar-refractivity contribution in [2.24, 2.45) is 5.92 Å². The van der Waals surface area contributed by atoms with Crippen molar-refractivity contribution in [1.29, 1.82) is 0 Å². The molecule has 1 aromatic rings. The quantitative estimate of drug-likeness (QED) is 0.649. The SMILES string of the molecule is O=C(O)CNC(=O)C1=C(O)CCN(C2CCC(Cc3ccccc3)CC2)C1=O. The minimum Gasteiger partial charge on any atom is -0.511 e. The van der Waals surface area contributed by atoms with Crippen LogP contribution in [0, 0.1) is 5.92 Å². The minimum atomic E-state index is -1.20. The second kappa shape index (κ2) is 8.91. The molecule has 1 saturated carbocycles. The number of hydrogen-bond acceptors (Lipinski definition) is 4. The Kier molecular flexibility index (Phi) is 6.34. The summed E-state index contributed by atoms with van der Waals surface area (Å²) in [7, 11) is 0. The number of aliphatic carboxylic acids is 1. The Labute approximate surface area is 164 Å². The van der Waals surface area contributed by atoms with Gasteiger partial charge in [-0.15, -0.1) is 0 Å². The van der Waals surface area contributed by atoms with Crippen molar-refractivity contribution in [3.05, 3.63) is 47.2 Å². The van der Waals surface area contributed by atoms with Crippen LogP contribution in [0.3, 0.4) is 0 Å². The smallest absolute Gasteiger partial charge is 0.322 e. The minimum absolute atomic E-state index is 0.0508. The summed E-state index contributed by atoms with van der Waals surface area (Å²) in [5, 5.41) is 20.9. The van der Waals surface area contributed by atoms with Crippen LogP contribution >= 0.6 is 0 Å². The van der Waals surface area contributed by atoms with Crippen LogP contribution in [-0.4, -0.2) is 52.0 Å². The van der Waals surface area contributed by atoms with E-state index >= 15 is 0 Å². The van der Waals surface area contributed by atoms with E-state index in [4.69, 9.17) is 5.11 Å². The van der Waals surface area contributed by atoms with Gasteiger partial charge >= 0.3 is 5.97 Å². The van der Waals surface area contributed by atoms with Gasteiger partial charge in [-0.2, -0.15) is 0 Å². The molecular weight excluding hydrogens is 360 g/mol. The standard InChI is InChI=1S/C21H26N2O5/c24-17-10-11-23(21(28)19(17)20(27)22-13-18(25)26)16-8-6-15(7-9-16)12-14-4-2-1-3-5-14/h1-5,15-16,24H,6-13H2,(H,22,27)(H,25,26). The number of hydrogen-bond donors (Lipinski definition) is 3. The maximum Gasteiger partial charge on any atom is 0.322 e. The fourth-order valence-electron chi connectivity index (χ4n) is 4.15. The molecule has 7 nitrogen and oxygen atoms in total. The van der Waals surface area contributed by atoms with Gasteiger partial charge in [-0.05, 0) is 43.6 Å². The number of nitrogens with one attached hydrogen (secondary N) is 1. The highest BCUT2D eigenvalue weighted by molar-refractivity contribution is 6.19. The van der Waals surface area contributed by atoms with Crippen molar-refractivity contribution in [3.63, 3.8) is 0 Å². The Morgan fingerprint density at radius 2 is 1.79 bits per heavy atom. The third kappa shape index (κ3) is 4.71. The zero-order valence-corrected chi connectivity index (χ0v) is 15.8. The van der Waals surface area contributed by atoms with E-state index < -0.39 is 24.3 Å². The van der Waals surface area contributed by atoms with E-state index in [0.29, 0.717) is 12.5 Å². The van der Waals surface area contributed by atoms with Gasteiger partial charge in [0.05, 0.1) is 0 Å². The molecule has 0 atom stereocenters. The molecule has 3 rings (SSSR count). The Balaban J connectivity index is 1.58. The van der Waals surface area contributed by atoms with Crippen molar-refractivity contribution in [2.45, 2.75) is 44.6 Å². The topological polar surface area (TPSA) is 107 Å². The highest BCUT2D eigenvalue weighted by Gasteiger charge is 2.37. The van der Waals surface area contributed by atoms with Crippen LogP contribution in [0.25, 0.3) is 0 Å². The summed E-state index contributed by atoms with van der Waals surface area (Å²) in [5.74, 6) is -2.21. The van der Waals surface area contributed by atoms with Gasteiger partial charge in [-0.25, -0.2) is 0 Å². The van der Waals surface area contributed by atoms with Crippen molar-refractivity contribution in [2.75, 3.05) is 13.1 Å². The monoisotopic (exact) mass is 386 g/mol. The van der Waals surface area contributed by atoms with E-state index in [1.807, 2.05) is 18.2 Å². The first-order valence-electron chi connectivity index (χ1n) is 9.72. The molecule has 7 heteroatoms. The molecule has 0 spiro atoms. The van der Waals surface area contributed by atoms with Crippen molar-refractivity contribution in [3.8, 4) is 0 Å². The lowest BCUT2D eigenvalue weighted by molar-refractivity contribution is -0.139. The van der Waals surface area contributed by atoms with Gasteiger partial charge in [-0.3, -0.25) is 14.4 Å². The fourth-order valence-corrected chi connectivity index (χ4v) is 4.15. The van der Waals surface area contributed by atoms with Crippen LogP contribution in [-0.2, 0) is 20.8 Å². The zero-order chi connectivity index (χ0) is 20.1. The van der Waals surface area contributed by atoms with Crippen LogP contribution in [0.1, 0.15) is 37.7 Å². The summed E-state index contributed by atoms with van der Waals surface area (Å²) in [5.41, 5.74) is 1.00. The van der Waals surface area contributed by atoms with Crippen molar-refractivity contribution in [1.82, 2.24) is 10.2 Å². The van der Waals surface area contributed by atoms with Gasteiger partial charge in [0, 0.05) is 19.0 Å². The Bertz CT molecular complexity index is 766. The molecule has 1 fully saturated rings. The average Bonchev–Trinajstić information content (AvgIpc) is 2.68. The highest BCUT2D eigenvalue weighted by Crippen LogP contribution is 2.32. The van der Waals surface area contributed by atoms with E-state index in [-0.39, 0.29) is 23.8 Å². The molecule has 0 radical (unpaired) electrons. The molecule has 3 N–H and O–H groups in total. The predicted octanol–water partition coefficient (Wildman–Crippen LogP) is 2.03. The van der Waals surface area contributed by atoms with Crippen LogP contribution in [0.4, 0.5) is 0 Å². The number of rotatable bonds is 6. The Hall–Kier alpha value is -2.83. The van der Waals surface area contributed by atoms with Crippen molar-refractivity contribution < 1.29 is 24.6 Å². The van der Waals surface area contributed by atoms with Crippen molar-refractivity contribution >= 4 is 17.8 Å². The lowest BCUT2D eigenvalue weighted by Gasteiger charge is -2.39. The maximum absolute atomic E-state index is 12.8. The van der Waals surface area contributed by atoms with Gasteiger partial charge in [0.1, 0.15) is 17.9 Å². The van der Waals surface area contributed by atoms with Gasteiger partial charge in [0.25, 0.3) is 11.8 Å². The largest absolute Gasteiger partial charge is 0.511 e. The molecule has 0 aromatic heterocycles. The van der Waals surface area contributed by atoms with Gasteiger partial charge in [0.15, 0.2) is 0 Å². The summed E-state index contributed by atoms with van der Waals surface area (Å²) in [6.07, 6.45) is 5.01. The predicted molar refractivity (Wildman–Crippen MR) is 103 cm³/mol. The number of benzene rings is 1. The number of aliphatic hydroxyl groups is 1. The average molecular weight is 386 g/mol. The molecule has 0 saturated heterocycles. The zero-order valence-electron chi connectivity index (χ0n) is 15.8. The first-order valence-corrected chi connectivity index (χ1v) is 9.72. The second-order valence-electron chi connectivity index (χ2n) is 7.51. The van der Waals surface area contributed by atoms with Crippen LogP contribution in [0.2, 0.25) is 0 Å². The lowest BCUT2D eigenvalue weighted by Crippen LogP contribution is -2.49. The van der Waals surface area contributed by atoms with Gasteiger partial charge in [-0.1, -0.05) is 30.3 Å². The van der Waals surface area contributed by atoms with Gasteiger partial charge < -0.3 is 20.4 Å². The number of nitrogens with zero attached hydrogens (tertiary/aromatic N) is 1. The van der Waals surface area contributed by atoms with Crippen LogP contribution in [0.15, 0.2) is 41.7 Å². The Morgan fingerprint density at radius 1 is 1.11 bits per heavy atom. The summed E-state index contributed by atoms with van der Waals surface area (Å²) in [6.45, 7) is -0.206. The van der Waals surface area contributed by atoms with Crippen LogP contribution < -0.4 is 5.32 Å². The summed E-state index contributed by atoms with van der Waals surface area (Å²) >= 11 is 0. The molecule has 2 aliphatic rings. The lowest BCUT2D eigenvalue weighted by atomic mass is 9.81. The van der Waals surface area contributed by atoms with E-state index in [1.165, 1.54) is 5.56 Å². The molecule has 0 unspecified atom stereocenters. The molecule has 1 aliphatic carbocycles. The van der Waals surface area contributed by atoms with E-state index in [9.17, 15) is 19.5 Å². The number of amides is 2. The second-order valence-corrected chi connectivity index (χ2v) is 7.51. The normalized spacial score (nSPS) is 22.9. The first-order chi connectivity index (χ1) is 13.5. The van der Waals surface area contributed by atoms with E-state index in [2.05, 4.69) is 17.4 Å². The third-order valence-electron chi connectivity index (χ3n) is 5.60. The molecule has 1 aliphatic heterocycles. The fraction of sp³-hybridized carbons (Fsp3) is 0.476. The number of carbonyl (C=O) groups excluding carboxylic acids is 2. The van der Waals surface area contributed by atoms with E-state index in [0.717, 1.165) is 32.1 Å². The molecule has 1 heterocycles. The number of carbonyl (C=O) groups is 3. The summed E-state index contributed by atoms with van der Waals surface area (Å²) in [4.78, 5) is 37.3. The summed E-state index contributed by atoms with van der Waals surface area (Å²) < 4.78 is 0. The third-order valence-corrected chi connectivity index (χ3v) is 5.60. The van der Waals surface area contributed by atoms with Crippen LogP contribution in [0.5, 0.6) is 0 Å². The first kappa shape index (κ1) is 19.9. The van der Waals surface area contributed by atoms with E-state index in [1.54, 1.807) is 4.90 Å².